The van der Waals surface area contributed by atoms with E-state index in [1.807, 2.05) is 41.8 Å². The van der Waals surface area contributed by atoms with Gasteiger partial charge in [0.25, 0.3) is 5.56 Å². The van der Waals surface area contributed by atoms with Crippen molar-refractivity contribution >= 4 is 33.8 Å². The van der Waals surface area contributed by atoms with Gasteiger partial charge < -0.3 is 9.30 Å². The molecular formula is C23H22ClN3O3S. The van der Waals surface area contributed by atoms with Crippen molar-refractivity contribution in [3.63, 3.8) is 0 Å². The summed E-state index contributed by atoms with van der Waals surface area (Å²) in [5.74, 6) is 0. The van der Waals surface area contributed by atoms with Crippen LogP contribution >= 0.6 is 22.9 Å². The molecule has 0 aliphatic carbocycles. The Kier molecular flexibility index (Phi) is 4.55. The first-order valence-corrected chi connectivity index (χ1v) is 11.2. The Morgan fingerprint density at radius 1 is 1.10 bits per heavy atom. The fourth-order valence-electron chi connectivity index (χ4n) is 4.54. The van der Waals surface area contributed by atoms with E-state index in [0.29, 0.717) is 22.5 Å². The number of halogens is 1. The average Bonchev–Trinajstić information content (AvgIpc) is 3.39. The summed E-state index contributed by atoms with van der Waals surface area (Å²) >= 11 is 7.75. The lowest BCUT2D eigenvalue weighted by Gasteiger charge is -2.39. The van der Waals surface area contributed by atoms with Crippen LogP contribution in [0, 0.1) is 0 Å². The van der Waals surface area contributed by atoms with Crippen molar-refractivity contribution in [1.29, 1.82) is 0 Å². The molecule has 6 nitrogen and oxygen atoms in total. The Balaban J connectivity index is 2.03. The molecule has 0 radical (unpaired) electrons. The zero-order chi connectivity index (χ0) is 22.1. The third-order valence-electron chi connectivity index (χ3n) is 5.98. The number of hydrogen-bond acceptors (Lipinski definition) is 4. The van der Waals surface area contributed by atoms with Gasteiger partial charge in [0, 0.05) is 24.0 Å². The van der Waals surface area contributed by atoms with Crippen LogP contribution in [0.15, 0.2) is 51.4 Å². The molecule has 0 spiro atoms. The van der Waals surface area contributed by atoms with Crippen LogP contribution in [0.3, 0.4) is 0 Å². The number of fused-ring (bicyclic) bond motifs is 3. The highest BCUT2D eigenvalue weighted by Crippen LogP contribution is 2.46. The van der Waals surface area contributed by atoms with E-state index in [1.54, 1.807) is 23.0 Å². The van der Waals surface area contributed by atoms with Crippen LogP contribution in [0.1, 0.15) is 30.5 Å². The third-order valence-corrected chi connectivity index (χ3v) is 7.15. The molecule has 0 bridgehead atoms. The number of thiophene rings is 1. The molecular weight excluding hydrogens is 434 g/mol. The fourth-order valence-corrected chi connectivity index (χ4v) is 5.44. The van der Waals surface area contributed by atoms with Crippen LogP contribution in [0.25, 0.3) is 22.2 Å². The van der Waals surface area contributed by atoms with Crippen molar-refractivity contribution in [2.75, 3.05) is 6.61 Å². The van der Waals surface area contributed by atoms with Gasteiger partial charge in [0.15, 0.2) is 0 Å². The zero-order valence-corrected chi connectivity index (χ0v) is 19.3. The predicted molar refractivity (Wildman–Crippen MR) is 124 cm³/mol. The van der Waals surface area contributed by atoms with Crippen molar-refractivity contribution in [2.24, 2.45) is 14.1 Å². The standard InChI is InChI=1S/C23H22ClN3O3S/c1-23(2)12-30-20(15-6-5-11-31-15)19-18-16(21(28)26(4)22(29)25(18)3)17(27(19)23)13-7-9-14(24)10-8-13/h5-11,20H,12H2,1-4H3/t20-/m1/s1. The molecule has 1 aromatic carbocycles. The number of aryl methyl sites for hydroxylation is 1. The predicted octanol–water partition coefficient (Wildman–Crippen LogP) is 4.28. The molecule has 1 aliphatic rings. The highest BCUT2D eigenvalue weighted by Gasteiger charge is 2.40. The number of ether oxygens (including phenoxy) is 1. The maximum Gasteiger partial charge on any atom is 0.331 e. The Labute approximate surface area is 187 Å². The molecule has 31 heavy (non-hydrogen) atoms. The van der Waals surface area contributed by atoms with Crippen molar-refractivity contribution in [3.8, 4) is 11.3 Å². The van der Waals surface area contributed by atoms with Crippen molar-refractivity contribution < 1.29 is 4.74 Å². The molecule has 0 unspecified atom stereocenters. The summed E-state index contributed by atoms with van der Waals surface area (Å²) < 4.78 is 11.3. The van der Waals surface area contributed by atoms with E-state index in [9.17, 15) is 9.59 Å². The molecule has 5 rings (SSSR count). The number of benzene rings is 1. The van der Waals surface area contributed by atoms with Crippen LogP contribution in [0.4, 0.5) is 0 Å². The smallest absolute Gasteiger partial charge is 0.331 e. The first kappa shape index (κ1) is 20.3. The van der Waals surface area contributed by atoms with Crippen molar-refractivity contribution in [1.82, 2.24) is 13.7 Å². The van der Waals surface area contributed by atoms with Gasteiger partial charge in [-0.2, -0.15) is 0 Å². The normalized spacial score (nSPS) is 17.8. The van der Waals surface area contributed by atoms with Crippen molar-refractivity contribution in [2.45, 2.75) is 25.5 Å². The summed E-state index contributed by atoms with van der Waals surface area (Å²) in [5.41, 5.74) is 2.00. The molecule has 8 heteroatoms. The van der Waals surface area contributed by atoms with E-state index in [1.165, 1.54) is 11.6 Å². The van der Waals surface area contributed by atoms with Crippen LogP contribution < -0.4 is 11.2 Å². The second-order valence-corrected chi connectivity index (χ2v) is 9.94. The first-order valence-electron chi connectivity index (χ1n) is 9.98. The number of hydrogen-bond donors (Lipinski definition) is 0. The average molecular weight is 456 g/mol. The Bertz CT molecular complexity index is 1430. The molecule has 0 amide bonds. The third kappa shape index (κ3) is 2.87. The Morgan fingerprint density at radius 3 is 2.45 bits per heavy atom. The molecule has 0 fully saturated rings. The lowest BCUT2D eigenvalue weighted by molar-refractivity contribution is -0.00545. The van der Waals surface area contributed by atoms with Crippen LogP contribution in [0.5, 0.6) is 0 Å². The van der Waals surface area contributed by atoms with Gasteiger partial charge in [0.2, 0.25) is 0 Å². The summed E-state index contributed by atoms with van der Waals surface area (Å²) in [6.07, 6.45) is -0.366. The summed E-state index contributed by atoms with van der Waals surface area (Å²) in [6.45, 7) is 4.64. The minimum Gasteiger partial charge on any atom is -0.364 e. The van der Waals surface area contributed by atoms with Gasteiger partial charge in [-0.1, -0.05) is 29.8 Å². The molecule has 0 N–H and O–H groups in total. The van der Waals surface area contributed by atoms with E-state index in [-0.39, 0.29) is 17.4 Å². The van der Waals surface area contributed by atoms with Crippen LogP contribution in [-0.2, 0) is 24.4 Å². The molecule has 0 saturated carbocycles. The quantitative estimate of drug-likeness (QED) is 0.453. The summed E-state index contributed by atoms with van der Waals surface area (Å²) in [7, 11) is 3.23. The lowest BCUT2D eigenvalue weighted by Crippen LogP contribution is -2.40. The zero-order valence-electron chi connectivity index (χ0n) is 17.7. The molecule has 3 aromatic heterocycles. The van der Waals surface area contributed by atoms with Gasteiger partial charge in [0.1, 0.15) is 6.10 Å². The topological polar surface area (TPSA) is 58.2 Å². The van der Waals surface area contributed by atoms with Gasteiger partial charge in [-0.25, -0.2) is 4.79 Å². The highest BCUT2D eigenvalue weighted by molar-refractivity contribution is 7.10. The Hall–Kier alpha value is -2.61. The minimum absolute atomic E-state index is 0.314. The maximum atomic E-state index is 13.5. The molecule has 1 atom stereocenters. The summed E-state index contributed by atoms with van der Waals surface area (Å²) in [4.78, 5) is 27.4. The second kappa shape index (κ2) is 6.95. The summed E-state index contributed by atoms with van der Waals surface area (Å²) in [6, 6.07) is 11.5. The van der Waals surface area contributed by atoms with E-state index < -0.39 is 5.54 Å². The van der Waals surface area contributed by atoms with E-state index in [0.717, 1.165) is 21.8 Å². The molecule has 4 heterocycles. The highest BCUT2D eigenvalue weighted by atomic mass is 35.5. The van der Waals surface area contributed by atoms with Crippen LogP contribution in [0.2, 0.25) is 5.02 Å². The number of nitrogens with zero attached hydrogens (tertiary/aromatic N) is 3. The lowest BCUT2D eigenvalue weighted by atomic mass is 10.0. The molecule has 160 valence electrons. The van der Waals surface area contributed by atoms with Crippen molar-refractivity contribution in [3.05, 3.63) is 78.2 Å². The number of aromatic nitrogens is 3. The van der Waals surface area contributed by atoms with E-state index in [2.05, 4.69) is 18.4 Å². The van der Waals surface area contributed by atoms with Crippen LogP contribution in [-0.4, -0.2) is 20.3 Å². The van der Waals surface area contributed by atoms with Gasteiger partial charge in [-0.15, -0.1) is 11.3 Å². The molecule has 0 saturated heterocycles. The minimum atomic E-state index is -0.432. The molecule has 4 aromatic rings. The van der Waals surface area contributed by atoms with Gasteiger partial charge in [0.05, 0.1) is 34.4 Å². The monoisotopic (exact) mass is 455 g/mol. The van der Waals surface area contributed by atoms with Gasteiger partial charge >= 0.3 is 5.69 Å². The second-order valence-electron chi connectivity index (χ2n) is 8.52. The first-order chi connectivity index (χ1) is 14.7. The largest absolute Gasteiger partial charge is 0.364 e. The molecule has 1 aliphatic heterocycles. The number of rotatable bonds is 2. The van der Waals surface area contributed by atoms with E-state index in [4.69, 9.17) is 16.3 Å². The summed E-state index contributed by atoms with van der Waals surface area (Å²) in [5, 5.41) is 3.14. The van der Waals surface area contributed by atoms with Gasteiger partial charge in [-0.05, 0) is 43.0 Å². The fraction of sp³-hybridized carbons (Fsp3) is 0.304. The Morgan fingerprint density at radius 2 is 1.81 bits per heavy atom. The SMILES string of the molecule is Cn1c(=O)c2c(-c3ccc(Cl)cc3)n3c(c2n(C)c1=O)[C@@H](c1cccs1)OCC3(C)C. The maximum absolute atomic E-state index is 13.5. The van der Waals surface area contributed by atoms with Gasteiger partial charge in [-0.3, -0.25) is 13.9 Å². The van der Waals surface area contributed by atoms with E-state index >= 15 is 0 Å².